The molecule has 1 atom stereocenters. The minimum Gasteiger partial charge on any atom is -0.460 e. The van der Waals surface area contributed by atoms with Crippen molar-refractivity contribution < 1.29 is 23.9 Å². The Morgan fingerprint density at radius 1 is 0.891 bits per heavy atom. The van der Waals surface area contributed by atoms with Gasteiger partial charge in [0, 0.05) is 50.5 Å². The first kappa shape index (κ1) is 32.8. The molecule has 0 spiro atoms. The minimum absolute atomic E-state index is 0.0134. The van der Waals surface area contributed by atoms with Gasteiger partial charge in [-0.05, 0) is 56.2 Å². The first-order valence-corrected chi connectivity index (χ1v) is 15.8. The number of piperazine rings is 1. The lowest BCUT2D eigenvalue weighted by atomic mass is 9.90. The Morgan fingerprint density at radius 3 is 2.02 bits per heavy atom. The number of nitrogens with one attached hydrogen (secondary N) is 2. The summed E-state index contributed by atoms with van der Waals surface area (Å²) in [5, 5.41) is 11.4. The Balaban J connectivity index is 1.11. The van der Waals surface area contributed by atoms with Crippen molar-refractivity contribution in [2.24, 2.45) is 0 Å². The normalized spacial score (nSPS) is 17.5. The Morgan fingerprint density at radius 2 is 1.46 bits per heavy atom. The van der Waals surface area contributed by atoms with E-state index in [1.54, 1.807) is 29.2 Å². The third-order valence-corrected chi connectivity index (χ3v) is 8.10. The standard InChI is InChI=1S/C36H43N5O5/c1-36(2,3)46-31(42)18-19-39-20-22-40(23-21-39)24-30-25-41(35(44)45-30)29-16-14-28(15-17-29)33(37)38-34(43)32(26-10-6-4-7-11-26)27-12-8-5-9-13-27/h4-17,30,32H,18-25H2,1-3H3,(H2,37,38,43). The number of cyclic esters (lactones) is 1. The van der Waals surface area contributed by atoms with Crippen molar-refractivity contribution >= 4 is 29.5 Å². The van der Waals surface area contributed by atoms with Crippen LogP contribution in [0.5, 0.6) is 0 Å². The second-order valence-electron chi connectivity index (χ2n) is 12.8. The maximum absolute atomic E-state index is 13.4. The summed E-state index contributed by atoms with van der Waals surface area (Å²) >= 11 is 0. The Kier molecular flexibility index (Phi) is 10.5. The molecule has 46 heavy (non-hydrogen) atoms. The lowest BCUT2D eigenvalue weighted by Crippen LogP contribution is -2.49. The molecule has 3 aromatic rings. The molecule has 0 radical (unpaired) electrons. The third kappa shape index (κ3) is 8.80. The van der Waals surface area contributed by atoms with Crippen LogP contribution in [0.15, 0.2) is 84.9 Å². The van der Waals surface area contributed by atoms with Crippen LogP contribution in [0.1, 0.15) is 49.8 Å². The van der Waals surface area contributed by atoms with Crippen LogP contribution in [-0.2, 0) is 19.1 Å². The fourth-order valence-corrected chi connectivity index (χ4v) is 5.81. The number of amidine groups is 1. The van der Waals surface area contributed by atoms with E-state index in [9.17, 15) is 14.4 Å². The molecular weight excluding hydrogens is 582 g/mol. The summed E-state index contributed by atoms with van der Waals surface area (Å²) in [6.45, 7) is 10.7. The molecule has 5 rings (SSSR count). The fraction of sp³-hybridized carbons (Fsp3) is 0.389. The number of anilines is 1. The zero-order valence-corrected chi connectivity index (χ0v) is 26.8. The van der Waals surface area contributed by atoms with Crippen LogP contribution in [-0.4, -0.2) is 91.1 Å². The van der Waals surface area contributed by atoms with E-state index in [0.29, 0.717) is 37.3 Å². The van der Waals surface area contributed by atoms with Gasteiger partial charge in [0.05, 0.1) is 18.9 Å². The number of rotatable bonds is 10. The molecule has 10 nitrogen and oxygen atoms in total. The maximum Gasteiger partial charge on any atom is 0.414 e. The van der Waals surface area contributed by atoms with Crippen molar-refractivity contribution in [2.45, 2.75) is 44.8 Å². The Bertz CT molecular complexity index is 1460. The highest BCUT2D eigenvalue weighted by Crippen LogP contribution is 2.26. The largest absolute Gasteiger partial charge is 0.460 e. The smallest absolute Gasteiger partial charge is 0.414 e. The third-order valence-electron chi connectivity index (χ3n) is 8.10. The van der Waals surface area contributed by atoms with Gasteiger partial charge in [0.2, 0.25) is 5.91 Å². The topological polar surface area (TPSA) is 115 Å². The molecule has 2 saturated heterocycles. The monoisotopic (exact) mass is 625 g/mol. The van der Waals surface area contributed by atoms with Crippen LogP contribution in [0.25, 0.3) is 0 Å². The summed E-state index contributed by atoms with van der Waals surface area (Å²) in [6, 6.07) is 26.0. The van der Waals surface area contributed by atoms with E-state index in [4.69, 9.17) is 14.9 Å². The summed E-state index contributed by atoms with van der Waals surface area (Å²) < 4.78 is 11.1. The van der Waals surface area contributed by atoms with Crippen LogP contribution < -0.4 is 10.2 Å². The quantitative estimate of drug-likeness (QED) is 0.192. The molecule has 0 bridgehead atoms. The molecule has 1 unspecified atom stereocenters. The van der Waals surface area contributed by atoms with E-state index in [0.717, 1.165) is 37.3 Å². The van der Waals surface area contributed by atoms with E-state index in [2.05, 4.69) is 15.1 Å². The fourth-order valence-electron chi connectivity index (χ4n) is 5.81. The molecule has 2 aliphatic heterocycles. The van der Waals surface area contributed by atoms with E-state index >= 15 is 0 Å². The minimum atomic E-state index is -0.557. The summed E-state index contributed by atoms with van der Waals surface area (Å²) in [5.74, 6) is -1.04. The number of carbonyl (C=O) groups is 3. The van der Waals surface area contributed by atoms with E-state index in [-0.39, 0.29) is 23.8 Å². The number of esters is 1. The Hall–Kier alpha value is -4.54. The average Bonchev–Trinajstić information content (AvgIpc) is 3.40. The van der Waals surface area contributed by atoms with Gasteiger partial charge in [0.15, 0.2) is 0 Å². The zero-order valence-electron chi connectivity index (χ0n) is 26.8. The van der Waals surface area contributed by atoms with Crippen LogP contribution in [0.2, 0.25) is 0 Å². The second-order valence-corrected chi connectivity index (χ2v) is 12.8. The SMILES string of the molecule is CC(C)(C)OC(=O)CCN1CCN(CC2CN(c3ccc(C(=N)NC(=O)C(c4ccccc4)c4ccccc4)cc3)C(=O)O2)CC1. The van der Waals surface area contributed by atoms with Gasteiger partial charge in [-0.25, -0.2) is 4.79 Å². The van der Waals surface area contributed by atoms with Crippen molar-refractivity contribution in [3.8, 4) is 0 Å². The van der Waals surface area contributed by atoms with Crippen LogP contribution >= 0.6 is 0 Å². The molecule has 0 aliphatic carbocycles. The van der Waals surface area contributed by atoms with Gasteiger partial charge in [0.25, 0.3) is 0 Å². The number of amides is 2. The predicted octanol–water partition coefficient (Wildman–Crippen LogP) is 4.63. The van der Waals surface area contributed by atoms with Gasteiger partial charge in [-0.15, -0.1) is 0 Å². The van der Waals surface area contributed by atoms with Crippen molar-refractivity contribution in [1.82, 2.24) is 15.1 Å². The summed E-state index contributed by atoms with van der Waals surface area (Å²) in [5.41, 5.74) is 2.42. The van der Waals surface area contributed by atoms with Crippen molar-refractivity contribution in [3.63, 3.8) is 0 Å². The lowest BCUT2D eigenvalue weighted by Gasteiger charge is -2.35. The molecule has 10 heteroatoms. The highest BCUT2D eigenvalue weighted by molar-refractivity contribution is 6.08. The summed E-state index contributed by atoms with van der Waals surface area (Å²) in [6.07, 6.45) is -0.282. The molecule has 3 aromatic carbocycles. The molecule has 2 fully saturated rings. The number of ether oxygens (including phenoxy) is 2. The van der Waals surface area contributed by atoms with Crippen LogP contribution in [0.4, 0.5) is 10.5 Å². The molecule has 2 amide bonds. The molecule has 242 valence electrons. The van der Waals surface area contributed by atoms with Gasteiger partial charge in [-0.3, -0.25) is 24.8 Å². The van der Waals surface area contributed by atoms with E-state index < -0.39 is 17.6 Å². The van der Waals surface area contributed by atoms with Gasteiger partial charge in [-0.2, -0.15) is 0 Å². The summed E-state index contributed by atoms with van der Waals surface area (Å²) in [4.78, 5) is 44.4. The highest BCUT2D eigenvalue weighted by atomic mass is 16.6. The van der Waals surface area contributed by atoms with Gasteiger partial charge < -0.3 is 19.7 Å². The number of benzene rings is 3. The van der Waals surface area contributed by atoms with Gasteiger partial charge in [-0.1, -0.05) is 60.7 Å². The summed E-state index contributed by atoms with van der Waals surface area (Å²) in [7, 11) is 0. The Labute approximate surface area is 270 Å². The van der Waals surface area contributed by atoms with Crippen LogP contribution in [0, 0.1) is 5.41 Å². The number of carbonyl (C=O) groups excluding carboxylic acids is 3. The molecule has 2 N–H and O–H groups in total. The van der Waals surface area contributed by atoms with Crippen molar-refractivity contribution in [3.05, 3.63) is 102 Å². The molecule has 2 aliphatic rings. The second kappa shape index (κ2) is 14.7. The zero-order chi connectivity index (χ0) is 32.7. The molecular formula is C36H43N5O5. The number of hydrogen-bond donors (Lipinski definition) is 2. The van der Waals surface area contributed by atoms with Crippen molar-refractivity contribution in [2.75, 3.05) is 50.7 Å². The average molecular weight is 626 g/mol. The molecule has 0 saturated carbocycles. The van der Waals surface area contributed by atoms with Gasteiger partial charge in [0.1, 0.15) is 17.5 Å². The number of nitrogens with zero attached hydrogens (tertiary/aromatic N) is 3. The van der Waals surface area contributed by atoms with E-state index in [1.807, 2.05) is 81.4 Å². The van der Waals surface area contributed by atoms with Crippen molar-refractivity contribution in [1.29, 1.82) is 5.41 Å². The highest BCUT2D eigenvalue weighted by Gasteiger charge is 2.34. The first-order chi connectivity index (χ1) is 22.1. The maximum atomic E-state index is 13.4. The lowest BCUT2D eigenvalue weighted by molar-refractivity contribution is -0.155. The molecule has 2 heterocycles. The van der Waals surface area contributed by atoms with Crippen LogP contribution in [0.3, 0.4) is 0 Å². The molecule has 0 aromatic heterocycles. The first-order valence-electron chi connectivity index (χ1n) is 15.8. The predicted molar refractivity (Wildman–Crippen MR) is 177 cm³/mol. The number of hydrogen-bond acceptors (Lipinski definition) is 8. The van der Waals surface area contributed by atoms with E-state index in [1.165, 1.54) is 0 Å². The van der Waals surface area contributed by atoms with Gasteiger partial charge >= 0.3 is 12.1 Å².